The minimum absolute atomic E-state index is 0.324. The largest absolute Gasteiger partial charge is 0.330 e. The average molecular weight is 256 g/mol. The minimum atomic E-state index is 0.324. The Balaban J connectivity index is 3.77. The van der Waals surface area contributed by atoms with Gasteiger partial charge in [0, 0.05) is 6.04 Å². The Kier molecular flexibility index (Phi) is 9.76. The Morgan fingerprint density at radius 2 is 1.56 bits per heavy atom. The van der Waals surface area contributed by atoms with Crippen molar-refractivity contribution >= 4 is 0 Å². The molecule has 0 atom stereocenters. The molecule has 0 heterocycles. The van der Waals surface area contributed by atoms with Gasteiger partial charge >= 0.3 is 0 Å². The number of unbranched alkanes of at least 4 members (excludes halogenated alkanes) is 3. The molecule has 0 aromatic heterocycles. The van der Waals surface area contributed by atoms with E-state index >= 15 is 0 Å². The second kappa shape index (κ2) is 9.80. The molecular formula is C16H36N2. The van der Waals surface area contributed by atoms with Gasteiger partial charge in [0.2, 0.25) is 0 Å². The van der Waals surface area contributed by atoms with Gasteiger partial charge in [0.25, 0.3) is 0 Å². The summed E-state index contributed by atoms with van der Waals surface area (Å²) in [6.45, 7) is 14.8. The lowest BCUT2D eigenvalue weighted by molar-refractivity contribution is 0.207. The first-order valence-corrected chi connectivity index (χ1v) is 7.87. The summed E-state index contributed by atoms with van der Waals surface area (Å²) in [4.78, 5) is 2.63. The molecule has 2 heteroatoms. The third kappa shape index (κ3) is 8.93. The fourth-order valence-corrected chi connectivity index (χ4v) is 2.21. The lowest BCUT2D eigenvalue weighted by atomic mass is 9.87. The number of nitrogens with zero attached hydrogens (tertiary/aromatic N) is 1. The summed E-state index contributed by atoms with van der Waals surface area (Å²) in [7, 11) is 0. The van der Waals surface area contributed by atoms with Crippen LogP contribution < -0.4 is 5.73 Å². The van der Waals surface area contributed by atoms with E-state index in [2.05, 4.69) is 39.5 Å². The van der Waals surface area contributed by atoms with E-state index in [-0.39, 0.29) is 0 Å². The maximum atomic E-state index is 5.77. The van der Waals surface area contributed by atoms with Gasteiger partial charge in [-0.2, -0.15) is 0 Å². The summed E-state index contributed by atoms with van der Waals surface area (Å²) >= 11 is 0. The monoisotopic (exact) mass is 256 g/mol. The van der Waals surface area contributed by atoms with Crippen LogP contribution in [0.15, 0.2) is 0 Å². The number of rotatable bonds is 11. The molecule has 0 rings (SSSR count). The molecule has 0 fully saturated rings. The van der Waals surface area contributed by atoms with Crippen molar-refractivity contribution in [2.45, 2.75) is 79.2 Å². The highest BCUT2D eigenvalue weighted by atomic mass is 15.1. The van der Waals surface area contributed by atoms with Gasteiger partial charge in [0.1, 0.15) is 0 Å². The van der Waals surface area contributed by atoms with Gasteiger partial charge in [-0.05, 0) is 58.2 Å². The molecule has 0 aromatic rings. The second-order valence-corrected chi connectivity index (χ2v) is 6.66. The third-order valence-electron chi connectivity index (χ3n) is 3.88. The zero-order valence-electron chi connectivity index (χ0n) is 13.5. The van der Waals surface area contributed by atoms with E-state index in [9.17, 15) is 0 Å². The van der Waals surface area contributed by atoms with Gasteiger partial charge in [0.15, 0.2) is 0 Å². The van der Waals surface area contributed by atoms with Gasteiger partial charge in [-0.3, -0.25) is 0 Å². The molecule has 2 nitrogen and oxygen atoms in total. The topological polar surface area (TPSA) is 29.3 Å². The Morgan fingerprint density at radius 3 is 2.00 bits per heavy atom. The standard InChI is InChI=1S/C16H36N2/c1-6-7-9-12-18(15(2)3)13-10-8-11-16(4,5)14-17/h15H,6-14,17H2,1-5H3. The predicted octanol–water partition coefficient (Wildman–Crippen LogP) is 4.04. The summed E-state index contributed by atoms with van der Waals surface area (Å²) < 4.78 is 0. The van der Waals surface area contributed by atoms with E-state index in [0.717, 1.165) is 6.54 Å². The average Bonchev–Trinajstić information content (AvgIpc) is 2.32. The third-order valence-corrected chi connectivity index (χ3v) is 3.88. The van der Waals surface area contributed by atoms with Gasteiger partial charge in [0.05, 0.1) is 0 Å². The van der Waals surface area contributed by atoms with E-state index in [1.54, 1.807) is 0 Å². The molecular weight excluding hydrogens is 220 g/mol. The van der Waals surface area contributed by atoms with Crippen LogP contribution in [0.25, 0.3) is 0 Å². The first kappa shape index (κ1) is 17.9. The Bertz CT molecular complexity index is 188. The van der Waals surface area contributed by atoms with E-state index in [1.807, 2.05) is 0 Å². The van der Waals surface area contributed by atoms with Crippen molar-refractivity contribution in [1.29, 1.82) is 0 Å². The van der Waals surface area contributed by atoms with E-state index in [0.29, 0.717) is 11.5 Å². The van der Waals surface area contributed by atoms with Crippen molar-refractivity contribution in [2.75, 3.05) is 19.6 Å². The van der Waals surface area contributed by atoms with Crippen LogP contribution >= 0.6 is 0 Å². The maximum absolute atomic E-state index is 5.77. The SMILES string of the molecule is CCCCCN(CCCCC(C)(C)CN)C(C)C. The van der Waals surface area contributed by atoms with Crippen LogP contribution in [-0.4, -0.2) is 30.6 Å². The summed E-state index contributed by atoms with van der Waals surface area (Å²) in [5.74, 6) is 0. The molecule has 0 spiro atoms. The molecule has 0 radical (unpaired) electrons. The molecule has 18 heavy (non-hydrogen) atoms. The van der Waals surface area contributed by atoms with Crippen LogP contribution in [0.1, 0.15) is 73.1 Å². The molecule has 0 aliphatic rings. The van der Waals surface area contributed by atoms with Crippen molar-refractivity contribution < 1.29 is 0 Å². The first-order valence-electron chi connectivity index (χ1n) is 7.87. The van der Waals surface area contributed by atoms with E-state index in [1.165, 1.54) is 51.6 Å². The lowest BCUT2D eigenvalue weighted by Crippen LogP contribution is -2.33. The molecule has 0 unspecified atom stereocenters. The van der Waals surface area contributed by atoms with Crippen molar-refractivity contribution in [1.82, 2.24) is 4.90 Å². The normalized spacial score (nSPS) is 12.7. The van der Waals surface area contributed by atoms with Crippen LogP contribution in [0.5, 0.6) is 0 Å². The summed E-state index contributed by atoms with van der Waals surface area (Å²) in [5.41, 5.74) is 6.09. The highest BCUT2D eigenvalue weighted by Gasteiger charge is 2.15. The van der Waals surface area contributed by atoms with Gasteiger partial charge in [-0.25, -0.2) is 0 Å². The minimum Gasteiger partial charge on any atom is -0.330 e. The highest BCUT2D eigenvalue weighted by Crippen LogP contribution is 2.21. The van der Waals surface area contributed by atoms with Crippen molar-refractivity contribution in [3.63, 3.8) is 0 Å². The summed E-state index contributed by atoms with van der Waals surface area (Å²) in [6, 6.07) is 0.685. The fraction of sp³-hybridized carbons (Fsp3) is 1.00. The quantitative estimate of drug-likeness (QED) is 0.565. The maximum Gasteiger partial charge on any atom is 0.00385 e. The molecule has 0 saturated carbocycles. The van der Waals surface area contributed by atoms with E-state index < -0.39 is 0 Å². The van der Waals surface area contributed by atoms with Crippen molar-refractivity contribution in [3.05, 3.63) is 0 Å². The highest BCUT2D eigenvalue weighted by molar-refractivity contribution is 4.70. The Labute approximate surface area is 115 Å². The van der Waals surface area contributed by atoms with Crippen LogP contribution in [0.2, 0.25) is 0 Å². The first-order chi connectivity index (χ1) is 8.43. The predicted molar refractivity (Wildman–Crippen MR) is 82.9 cm³/mol. The van der Waals surface area contributed by atoms with Crippen LogP contribution in [0, 0.1) is 5.41 Å². The zero-order valence-corrected chi connectivity index (χ0v) is 13.5. The van der Waals surface area contributed by atoms with Gasteiger partial charge < -0.3 is 10.6 Å². The van der Waals surface area contributed by atoms with E-state index in [4.69, 9.17) is 5.73 Å². The second-order valence-electron chi connectivity index (χ2n) is 6.66. The van der Waals surface area contributed by atoms with Gasteiger partial charge in [-0.15, -0.1) is 0 Å². The zero-order chi connectivity index (χ0) is 14.0. The molecule has 0 saturated heterocycles. The Morgan fingerprint density at radius 1 is 1.00 bits per heavy atom. The number of hydrogen-bond donors (Lipinski definition) is 1. The molecule has 0 aromatic carbocycles. The molecule has 0 bridgehead atoms. The summed E-state index contributed by atoms with van der Waals surface area (Å²) in [5, 5.41) is 0. The van der Waals surface area contributed by atoms with Crippen molar-refractivity contribution in [2.24, 2.45) is 11.1 Å². The molecule has 0 aliphatic carbocycles. The number of hydrogen-bond acceptors (Lipinski definition) is 2. The van der Waals surface area contributed by atoms with Crippen molar-refractivity contribution in [3.8, 4) is 0 Å². The molecule has 0 aliphatic heterocycles. The van der Waals surface area contributed by atoms with Crippen LogP contribution in [0.3, 0.4) is 0 Å². The van der Waals surface area contributed by atoms with Crippen LogP contribution in [0.4, 0.5) is 0 Å². The van der Waals surface area contributed by atoms with Crippen LogP contribution in [-0.2, 0) is 0 Å². The fourth-order valence-electron chi connectivity index (χ4n) is 2.21. The Hall–Kier alpha value is -0.0800. The number of nitrogens with two attached hydrogens (primary N) is 1. The van der Waals surface area contributed by atoms with Gasteiger partial charge in [-0.1, -0.05) is 40.0 Å². The summed E-state index contributed by atoms with van der Waals surface area (Å²) in [6.07, 6.45) is 7.91. The molecule has 110 valence electrons. The molecule has 0 amide bonds. The lowest BCUT2D eigenvalue weighted by Gasteiger charge is -2.27. The molecule has 2 N–H and O–H groups in total. The smallest absolute Gasteiger partial charge is 0.00385 e.